The lowest BCUT2D eigenvalue weighted by Crippen LogP contribution is -2.58. The number of sulfonamides is 1. The molecule has 2 aromatic rings. The van der Waals surface area contributed by atoms with Crippen molar-refractivity contribution in [2.45, 2.75) is 113 Å². The van der Waals surface area contributed by atoms with Gasteiger partial charge in [-0.15, -0.1) is 0 Å². The Labute approximate surface area is 333 Å². The first-order valence-electron chi connectivity index (χ1n) is 20.0. The largest absolute Gasteiger partial charge is 0.497 e. The summed E-state index contributed by atoms with van der Waals surface area (Å²) in [7, 11) is -2.31. The van der Waals surface area contributed by atoms with Gasteiger partial charge in [-0.05, 0) is 88.9 Å². The van der Waals surface area contributed by atoms with Crippen LogP contribution >= 0.6 is 0 Å². The Hall–Kier alpha value is -4.64. The summed E-state index contributed by atoms with van der Waals surface area (Å²) in [6.45, 7) is 7.54. The number of amides is 4. The van der Waals surface area contributed by atoms with E-state index in [2.05, 4.69) is 20.3 Å². The molecule has 1 aromatic carbocycles. The summed E-state index contributed by atoms with van der Waals surface area (Å²) in [5.41, 5.74) is -2.33. The summed E-state index contributed by atoms with van der Waals surface area (Å²) in [6, 6.07) is 5.38. The quantitative estimate of drug-likeness (QED) is 0.330. The first-order chi connectivity index (χ1) is 27.2. The number of allylic oxidation sites excluding steroid dienone is 1. The Bertz CT molecular complexity index is 2010. The van der Waals surface area contributed by atoms with Crippen molar-refractivity contribution in [2.75, 3.05) is 44.9 Å². The molecule has 0 bridgehead atoms. The monoisotopic (exact) mass is 810 g/mol. The molecular weight excluding hydrogens is 757 g/mol. The number of hydrogen-bond donors (Lipinski definition) is 3. The molecule has 2 unspecified atom stereocenters. The SMILES string of the molecule is COc1ccc2c(OC3C[C@H]4C(=O)N[C@]5(C(=O)NS(=O)(=O)C6CC6)CC5/C=C\CCCCC[C@H](NC(=O)OC(C)(C)C)C(=O)N4C3)nc(N3CCOCC3)cc2c1. The molecule has 3 aliphatic heterocycles. The third-order valence-corrected chi connectivity index (χ3v) is 13.0. The fourth-order valence-corrected chi connectivity index (χ4v) is 9.18. The zero-order valence-corrected chi connectivity index (χ0v) is 33.9. The topological polar surface area (TPSA) is 195 Å². The number of benzene rings is 1. The number of morpholine rings is 1. The van der Waals surface area contributed by atoms with Crippen molar-refractivity contribution in [3.63, 3.8) is 0 Å². The lowest BCUT2D eigenvalue weighted by molar-refractivity contribution is -0.141. The maximum absolute atomic E-state index is 14.6. The van der Waals surface area contributed by atoms with Crippen LogP contribution in [0.2, 0.25) is 0 Å². The average molecular weight is 811 g/mol. The highest BCUT2D eigenvalue weighted by Gasteiger charge is 2.62. The number of nitrogens with zero attached hydrogens (tertiary/aromatic N) is 3. The fraction of sp³-hybridized carbons (Fsp3) is 0.625. The highest BCUT2D eigenvalue weighted by Crippen LogP contribution is 2.46. The van der Waals surface area contributed by atoms with Gasteiger partial charge in [0.05, 0.1) is 32.1 Å². The van der Waals surface area contributed by atoms with E-state index in [9.17, 15) is 27.6 Å². The summed E-state index contributed by atoms with van der Waals surface area (Å²) in [5, 5.41) is 6.56. The van der Waals surface area contributed by atoms with Crippen molar-refractivity contribution < 1.29 is 46.5 Å². The second-order valence-corrected chi connectivity index (χ2v) is 18.6. The molecule has 4 amide bonds. The summed E-state index contributed by atoms with van der Waals surface area (Å²) in [5.74, 6) is -0.696. The van der Waals surface area contributed by atoms with Crippen LogP contribution in [0.3, 0.4) is 0 Å². The maximum atomic E-state index is 14.6. The van der Waals surface area contributed by atoms with E-state index in [-0.39, 0.29) is 19.4 Å². The number of hydrogen-bond acceptors (Lipinski definition) is 12. The van der Waals surface area contributed by atoms with Crippen LogP contribution in [0, 0.1) is 5.92 Å². The Balaban J connectivity index is 1.21. The molecule has 57 heavy (non-hydrogen) atoms. The molecule has 4 heterocycles. The van der Waals surface area contributed by atoms with Gasteiger partial charge >= 0.3 is 6.09 Å². The van der Waals surface area contributed by atoms with Crippen molar-refractivity contribution in [2.24, 2.45) is 5.92 Å². The first kappa shape index (κ1) is 40.6. The standard InChI is InChI=1S/C40H54N6O10S/c1-39(2,3)56-38(50)41-31-11-9-7-5-6-8-10-26-23-40(26,37(49)44-57(51,52)29-13-14-29)43-34(47)32-22-28(24-46(32)36(31)48)55-35-30-15-12-27(53-4)20-25(30)21-33(42-35)45-16-18-54-19-17-45/h8,10,12,15,20-21,26,28-29,31-32H,5-7,9,11,13-14,16-19,22-24H2,1-4H3,(H,41,50)(H,43,47)(H,44,49)/b10-8-/t26?,28?,31-,32-,40+/m0/s1. The van der Waals surface area contributed by atoms with E-state index >= 15 is 0 Å². The van der Waals surface area contributed by atoms with Crippen LogP contribution in [0.1, 0.15) is 78.6 Å². The molecular formula is C40H54N6O10S. The van der Waals surface area contributed by atoms with Crippen molar-refractivity contribution in [1.29, 1.82) is 0 Å². The molecule has 2 saturated carbocycles. The molecule has 2 aliphatic carbocycles. The first-order valence-corrected chi connectivity index (χ1v) is 21.5. The Morgan fingerprint density at radius 2 is 1.82 bits per heavy atom. The van der Waals surface area contributed by atoms with Gasteiger partial charge in [0.1, 0.15) is 40.9 Å². The van der Waals surface area contributed by atoms with Crippen LogP contribution in [0.4, 0.5) is 10.6 Å². The zero-order valence-electron chi connectivity index (χ0n) is 33.1. The smallest absolute Gasteiger partial charge is 0.408 e. The van der Waals surface area contributed by atoms with E-state index in [0.29, 0.717) is 81.2 Å². The summed E-state index contributed by atoms with van der Waals surface area (Å²) in [6.07, 6.45) is 6.69. The van der Waals surface area contributed by atoms with Crippen LogP contribution in [-0.4, -0.2) is 117 Å². The minimum Gasteiger partial charge on any atom is -0.497 e. The lowest BCUT2D eigenvalue weighted by Gasteiger charge is -2.30. The predicted molar refractivity (Wildman–Crippen MR) is 210 cm³/mol. The number of aromatic nitrogens is 1. The van der Waals surface area contributed by atoms with Gasteiger partial charge in [-0.25, -0.2) is 13.2 Å². The van der Waals surface area contributed by atoms with Gasteiger partial charge in [-0.3, -0.25) is 19.1 Å². The highest BCUT2D eigenvalue weighted by atomic mass is 32.2. The van der Waals surface area contributed by atoms with Crippen molar-refractivity contribution >= 4 is 50.4 Å². The molecule has 0 radical (unpaired) electrons. The van der Waals surface area contributed by atoms with Gasteiger partial charge < -0.3 is 39.4 Å². The van der Waals surface area contributed by atoms with E-state index in [1.165, 1.54) is 4.90 Å². The number of alkyl carbamates (subject to hydrolysis) is 1. The second-order valence-electron chi connectivity index (χ2n) is 16.7. The minimum atomic E-state index is -3.90. The van der Waals surface area contributed by atoms with Gasteiger partial charge in [-0.2, -0.15) is 4.98 Å². The Kier molecular flexibility index (Phi) is 11.6. The second kappa shape index (κ2) is 16.3. The van der Waals surface area contributed by atoms with E-state index in [4.69, 9.17) is 23.9 Å². The molecule has 3 N–H and O–H groups in total. The molecule has 310 valence electrons. The molecule has 17 heteroatoms. The minimum absolute atomic E-state index is 0.0247. The summed E-state index contributed by atoms with van der Waals surface area (Å²) >= 11 is 0. The number of carbonyl (C=O) groups excluding carboxylic acids is 4. The molecule has 0 spiro atoms. The van der Waals surface area contributed by atoms with E-state index < -0.39 is 74.3 Å². The van der Waals surface area contributed by atoms with Crippen molar-refractivity contribution in [3.8, 4) is 11.6 Å². The normalized spacial score (nSPS) is 27.9. The molecule has 16 nitrogen and oxygen atoms in total. The number of ether oxygens (including phenoxy) is 4. The number of anilines is 1. The van der Waals surface area contributed by atoms with Gasteiger partial charge in [0, 0.05) is 30.8 Å². The van der Waals surface area contributed by atoms with Crippen LogP contribution in [0.25, 0.3) is 10.8 Å². The van der Waals surface area contributed by atoms with Gasteiger partial charge in [0.25, 0.3) is 5.91 Å². The maximum Gasteiger partial charge on any atom is 0.408 e. The van der Waals surface area contributed by atoms with Crippen LogP contribution in [0.5, 0.6) is 11.6 Å². The van der Waals surface area contributed by atoms with Crippen molar-refractivity contribution in [3.05, 3.63) is 36.4 Å². The highest BCUT2D eigenvalue weighted by molar-refractivity contribution is 7.91. The number of fused-ring (bicyclic) bond motifs is 3. The third-order valence-electron chi connectivity index (χ3n) is 11.1. The molecule has 7 rings (SSSR count). The lowest BCUT2D eigenvalue weighted by atomic mass is 10.0. The van der Waals surface area contributed by atoms with Crippen molar-refractivity contribution in [1.82, 2.24) is 25.2 Å². The van der Waals surface area contributed by atoms with Gasteiger partial charge in [0.15, 0.2) is 0 Å². The summed E-state index contributed by atoms with van der Waals surface area (Å²) < 4.78 is 51.3. The van der Waals surface area contributed by atoms with Crippen LogP contribution in [-0.2, 0) is 33.9 Å². The number of rotatable bonds is 8. The molecule has 1 aromatic heterocycles. The fourth-order valence-electron chi connectivity index (χ4n) is 7.82. The average Bonchev–Trinajstić information content (AvgIpc) is 4.09. The number of nitrogens with one attached hydrogen (secondary N) is 3. The van der Waals surface area contributed by atoms with Crippen LogP contribution < -0.4 is 29.7 Å². The van der Waals surface area contributed by atoms with Crippen LogP contribution in [0.15, 0.2) is 36.4 Å². The number of carbonyl (C=O) groups is 4. The number of methoxy groups -OCH3 is 1. The summed E-state index contributed by atoms with van der Waals surface area (Å²) in [4.78, 5) is 64.5. The molecule has 5 atom stereocenters. The molecule has 5 aliphatic rings. The molecule has 4 fully saturated rings. The van der Waals surface area contributed by atoms with Gasteiger partial charge in [-0.1, -0.05) is 25.0 Å². The molecule has 2 saturated heterocycles. The third kappa shape index (κ3) is 9.40. The van der Waals surface area contributed by atoms with E-state index in [1.807, 2.05) is 36.4 Å². The Morgan fingerprint density at radius 1 is 1.05 bits per heavy atom. The Morgan fingerprint density at radius 3 is 2.54 bits per heavy atom. The zero-order chi connectivity index (χ0) is 40.5. The van der Waals surface area contributed by atoms with E-state index in [0.717, 1.165) is 18.2 Å². The van der Waals surface area contributed by atoms with Gasteiger partial charge in [0.2, 0.25) is 27.7 Å². The number of pyridine rings is 1. The van der Waals surface area contributed by atoms with E-state index in [1.54, 1.807) is 27.9 Å². The predicted octanol–water partition coefficient (Wildman–Crippen LogP) is 3.33.